The van der Waals surface area contributed by atoms with Crippen LogP contribution < -0.4 is 10.4 Å². The zero-order chi connectivity index (χ0) is 22.7. The minimum absolute atomic E-state index is 0.0523. The molecule has 0 N–H and O–H groups in total. The van der Waals surface area contributed by atoms with Gasteiger partial charge in [-0.2, -0.15) is 0 Å². The van der Waals surface area contributed by atoms with Crippen LogP contribution in [0.2, 0.25) is 0 Å². The average molecular weight is 432 g/mol. The molecule has 0 fully saturated rings. The van der Waals surface area contributed by atoms with Crippen molar-refractivity contribution in [3.8, 4) is 0 Å². The van der Waals surface area contributed by atoms with E-state index in [0.717, 1.165) is 33.4 Å². The van der Waals surface area contributed by atoms with Crippen molar-refractivity contribution >= 4 is 11.6 Å². The maximum Gasteiger partial charge on any atom is 0.190 e. The Kier molecular flexibility index (Phi) is 6.22. The van der Waals surface area contributed by atoms with Gasteiger partial charge in [0.2, 0.25) is 0 Å². The quantitative estimate of drug-likeness (QED) is 0.329. The number of allylic oxidation sites excluding steroid dienone is 5. The van der Waals surface area contributed by atoms with Crippen molar-refractivity contribution < 1.29 is 17.6 Å². The summed E-state index contributed by atoms with van der Waals surface area (Å²) in [6.07, 6.45) is 5.12. The highest BCUT2D eigenvalue weighted by Gasteiger charge is 2.19. The van der Waals surface area contributed by atoms with Gasteiger partial charge in [0.25, 0.3) is 0 Å². The summed E-state index contributed by atoms with van der Waals surface area (Å²) in [4.78, 5) is 0. The molecule has 0 nitrogen and oxygen atoms in total. The lowest BCUT2D eigenvalue weighted by Gasteiger charge is -2.09. The van der Waals surface area contributed by atoms with E-state index in [0.29, 0.717) is 5.22 Å². The van der Waals surface area contributed by atoms with Crippen LogP contribution in [0.5, 0.6) is 0 Å². The molecule has 4 heteroatoms. The lowest BCUT2D eigenvalue weighted by Crippen LogP contribution is -2.12. The van der Waals surface area contributed by atoms with Crippen molar-refractivity contribution in [3.05, 3.63) is 140 Å². The SMILES string of the molecule is C=CCC=c1ccc(=c2ccc(=c3cc/c(=C4\C=C(F)C(F)=C(F)C4)c(F)c3)cc2)cc1. The summed E-state index contributed by atoms with van der Waals surface area (Å²) in [6, 6.07) is 20.4. The predicted molar refractivity (Wildman–Crippen MR) is 120 cm³/mol. The number of benzene rings is 3. The van der Waals surface area contributed by atoms with Gasteiger partial charge >= 0.3 is 0 Å². The van der Waals surface area contributed by atoms with E-state index in [1.54, 1.807) is 6.07 Å². The molecule has 0 aliphatic heterocycles. The highest BCUT2D eigenvalue weighted by atomic mass is 19.2. The van der Waals surface area contributed by atoms with Gasteiger partial charge in [0.1, 0.15) is 11.6 Å². The lowest BCUT2D eigenvalue weighted by atomic mass is 10.0. The van der Waals surface area contributed by atoms with Crippen molar-refractivity contribution in [1.29, 1.82) is 0 Å². The van der Waals surface area contributed by atoms with Gasteiger partial charge in [-0.15, -0.1) is 6.58 Å². The van der Waals surface area contributed by atoms with Crippen LogP contribution in [0, 0.1) is 26.7 Å². The fourth-order valence-corrected chi connectivity index (χ4v) is 3.66. The summed E-state index contributed by atoms with van der Waals surface area (Å²) >= 11 is 0. The molecule has 1 aliphatic carbocycles. The van der Waals surface area contributed by atoms with Crippen LogP contribution in [0.3, 0.4) is 0 Å². The molecule has 0 saturated carbocycles. The Balaban J connectivity index is 1.78. The van der Waals surface area contributed by atoms with E-state index >= 15 is 0 Å². The molecule has 0 unspecified atom stereocenters. The fourth-order valence-electron chi connectivity index (χ4n) is 3.66. The summed E-state index contributed by atoms with van der Waals surface area (Å²) in [5.74, 6) is -4.69. The zero-order valence-electron chi connectivity index (χ0n) is 17.2. The normalized spacial score (nSPS) is 15.4. The van der Waals surface area contributed by atoms with E-state index in [9.17, 15) is 17.6 Å². The molecule has 160 valence electrons. The maximum atomic E-state index is 14.7. The second-order valence-corrected chi connectivity index (χ2v) is 7.54. The van der Waals surface area contributed by atoms with Gasteiger partial charge < -0.3 is 0 Å². The van der Waals surface area contributed by atoms with E-state index in [1.165, 1.54) is 12.1 Å². The smallest absolute Gasteiger partial charge is 0.190 e. The second-order valence-electron chi connectivity index (χ2n) is 7.54. The van der Waals surface area contributed by atoms with Crippen molar-refractivity contribution in [2.45, 2.75) is 12.8 Å². The van der Waals surface area contributed by atoms with Gasteiger partial charge in [0, 0.05) is 11.6 Å². The van der Waals surface area contributed by atoms with Crippen molar-refractivity contribution in [3.63, 3.8) is 0 Å². The van der Waals surface area contributed by atoms with Crippen molar-refractivity contribution in [1.82, 2.24) is 0 Å². The van der Waals surface area contributed by atoms with Gasteiger partial charge in [0.15, 0.2) is 11.7 Å². The van der Waals surface area contributed by atoms with Crippen molar-refractivity contribution in [2.24, 2.45) is 0 Å². The molecule has 0 amide bonds. The van der Waals surface area contributed by atoms with Crippen LogP contribution in [-0.2, 0) is 0 Å². The minimum Gasteiger partial charge on any atom is -0.208 e. The molecule has 0 saturated heterocycles. The van der Waals surface area contributed by atoms with Crippen LogP contribution in [-0.4, -0.2) is 0 Å². The largest absolute Gasteiger partial charge is 0.208 e. The molecule has 32 heavy (non-hydrogen) atoms. The van der Waals surface area contributed by atoms with Crippen LogP contribution in [0.1, 0.15) is 12.8 Å². The Bertz CT molecular complexity index is 1530. The first kappa shape index (κ1) is 21.6. The van der Waals surface area contributed by atoms with Crippen LogP contribution in [0.25, 0.3) is 11.6 Å². The first-order valence-electron chi connectivity index (χ1n) is 10.2. The standard InChI is InChI=1S/C28H20F4/c1-2-3-4-18-5-7-19(8-6-18)20-9-11-21(12-10-20)22-13-14-24(25(29)15-22)23-16-26(30)28(32)27(31)17-23/h2,4-16H,1,3,17H2/b18-4?,20-19?,22-21?,24-23-. The van der Waals surface area contributed by atoms with Gasteiger partial charge in [-0.25, -0.2) is 17.6 Å². The van der Waals surface area contributed by atoms with Gasteiger partial charge in [0.05, 0.1) is 0 Å². The van der Waals surface area contributed by atoms with Gasteiger partial charge in [-0.3, -0.25) is 0 Å². The van der Waals surface area contributed by atoms with E-state index < -0.39 is 29.7 Å². The molecule has 0 aromatic heterocycles. The number of hydrogen-bond acceptors (Lipinski definition) is 0. The van der Waals surface area contributed by atoms with E-state index in [2.05, 4.69) is 12.7 Å². The summed E-state index contributed by atoms with van der Waals surface area (Å²) in [5, 5.41) is 4.72. The first-order valence-corrected chi connectivity index (χ1v) is 10.2. The van der Waals surface area contributed by atoms with Gasteiger partial charge in [-0.1, -0.05) is 72.8 Å². The maximum absolute atomic E-state index is 14.7. The monoisotopic (exact) mass is 432 g/mol. The Morgan fingerprint density at radius 2 is 1.31 bits per heavy atom. The van der Waals surface area contributed by atoms with E-state index in [1.807, 2.05) is 54.6 Å². The highest BCUT2D eigenvalue weighted by Crippen LogP contribution is 2.31. The van der Waals surface area contributed by atoms with Crippen LogP contribution in [0.4, 0.5) is 17.6 Å². The summed E-state index contributed by atoms with van der Waals surface area (Å²) in [7, 11) is 0. The Morgan fingerprint density at radius 3 is 1.88 bits per heavy atom. The first-order chi connectivity index (χ1) is 15.5. The Morgan fingerprint density at radius 1 is 0.750 bits per heavy atom. The third kappa shape index (κ3) is 4.50. The molecule has 0 bridgehead atoms. The summed E-state index contributed by atoms with van der Waals surface area (Å²) in [5.41, 5.74) is 0.0644. The zero-order valence-corrected chi connectivity index (χ0v) is 17.2. The molecule has 3 aromatic carbocycles. The third-order valence-corrected chi connectivity index (χ3v) is 5.39. The number of hydrogen-bond donors (Lipinski definition) is 0. The number of rotatable bonds is 2. The van der Waals surface area contributed by atoms with Crippen LogP contribution >= 0.6 is 0 Å². The Hall–Kier alpha value is -3.66. The topological polar surface area (TPSA) is 0 Å². The minimum atomic E-state index is -1.52. The lowest BCUT2D eigenvalue weighted by molar-refractivity contribution is 0.481. The molecule has 0 atom stereocenters. The molecular formula is C28H20F4. The third-order valence-electron chi connectivity index (χ3n) is 5.39. The molecule has 1 aliphatic rings. The molecule has 0 heterocycles. The molecule has 4 rings (SSSR count). The highest BCUT2D eigenvalue weighted by molar-refractivity contribution is 5.64. The van der Waals surface area contributed by atoms with E-state index in [4.69, 9.17) is 0 Å². The van der Waals surface area contributed by atoms with Crippen molar-refractivity contribution in [2.75, 3.05) is 0 Å². The summed E-state index contributed by atoms with van der Waals surface area (Å²) in [6.45, 7) is 3.71. The predicted octanol–water partition coefficient (Wildman–Crippen LogP) is 6.31. The fraction of sp³-hybridized carbons (Fsp3) is 0.0714. The molecule has 3 aromatic rings. The average Bonchev–Trinajstić information content (AvgIpc) is 2.81. The second kappa shape index (κ2) is 9.23. The van der Waals surface area contributed by atoms with Crippen LogP contribution in [0.15, 0.2) is 103 Å². The van der Waals surface area contributed by atoms with E-state index in [-0.39, 0.29) is 10.8 Å². The Labute approximate surface area is 182 Å². The van der Waals surface area contributed by atoms with Gasteiger partial charge in [-0.05, 0) is 50.2 Å². The molecular weight excluding hydrogens is 412 g/mol. The molecule has 0 spiro atoms. The molecule has 0 radical (unpaired) electrons. The number of halogens is 4. The summed E-state index contributed by atoms with van der Waals surface area (Å²) < 4.78 is 55.0.